The second-order valence-corrected chi connectivity index (χ2v) is 2.47. The van der Waals surface area contributed by atoms with Crippen molar-refractivity contribution in [3.63, 3.8) is 0 Å². The van der Waals surface area contributed by atoms with Crippen LogP contribution in [-0.4, -0.2) is 26.6 Å². The third-order valence-corrected chi connectivity index (χ3v) is 1.59. The minimum atomic E-state index is -0.316. The molecule has 0 saturated carbocycles. The largest absolute Gasteiger partial charge is 0.354 e. The maximum atomic E-state index is 5.76. The summed E-state index contributed by atoms with van der Waals surface area (Å²) in [7, 11) is 3.17. The smallest absolute Gasteiger partial charge is 0.171 e. The number of methoxy groups -OCH3 is 2. The van der Waals surface area contributed by atoms with Gasteiger partial charge < -0.3 is 15.2 Å². The maximum Gasteiger partial charge on any atom is 0.171 e. The predicted molar refractivity (Wildman–Crippen MR) is 48.5 cm³/mol. The molecular weight excluding hydrogens is 154 g/mol. The molecule has 1 atom stereocenters. The van der Waals surface area contributed by atoms with E-state index in [1.807, 2.05) is 6.92 Å². The van der Waals surface area contributed by atoms with E-state index in [1.165, 1.54) is 0 Å². The molecule has 2 N–H and O–H groups in total. The van der Waals surface area contributed by atoms with E-state index in [0.29, 0.717) is 0 Å². The van der Waals surface area contributed by atoms with Crippen LogP contribution in [0.2, 0.25) is 0 Å². The quantitative estimate of drug-likeness (QED) is 0.490. The summed E-state index contributed by atoms with van der Waals surface area (Å²) in [5.41, 5.74) is 5.76. The molecule has 0 aromatic rings. The molecule has 1 unspecified atom stereocenters. The molecule has 0 aliphatic heterocycles. The lowest BCUT2D eigenvalue weighted by Gasteiger charge is -2.19. The van der Waals surface area contributed by atoms with Gasteiger partial charge in [-0.15, -0.1) is 11.8 Å². The van der Waals surface area contributed by atoms with Crippen LogP contribution in [0.5, 0.6) is 0 Å². The van der Waals surface area contributed by atoms with Crippen LogP contribution in [0.4, 0.5) is 0 Å². The van der Waals surface area contributed by atoms with E-state index in [-0.39, 0.29) is 12.3 Å². The van der Waals surface area contributed by atoms with Crippen molar-refractivity contribution in [3.8, 4) is 11.8 Å². The topological polar surface area (TPSA) is 44.5 Å². The third-order valence-electron chi connectivity index (χ3n) is 1.59. The molecule has 0 fully saturated rings. The van der Waals surface area contributed by atoms with E-state index in [0.717, 1.165) is 12.8 Å². The molecule has 70 valence electrons. The SMILES string of the molecule is CC#CCCC(N)C(OC)OC. The van der Waals surface area contributed by atoms with Crippen LogP contribution in [0.3, 0.4) is 0 Å². The molecule has 0 radical (unpaired) electrons. The predicted octanol–water partition coefficient (Wildman–Crippen LogP) is 0.736. The standard InChI is InChI=1S/C9H17NO2/c1-4-5-6-7-8(10)9(11-2)12-3/h8-9H,6-7,10H2,1-3H3. The highest BCUT2D eigenvalue weighted by atomic mass is 16.7. The van der Waals surface area contributed by atoms with Gasteiger partial charge in [0, 0.05) is 20.6 Å². The zero-order valence-corrected chi connectivity index (χ0v) is 7.96. The molecule has 0 bridgehead atoms. The van der Waals surface area contributed by atoms with E-state index in [4.69, 9.17) is 15.2 Å². The van der Waals surface area contributed by atoms with Crippen LogP contribution in [0.15, 0.2) is 0 Å². The molecule has 3 nitrogen and oxygen atoms in total. The fraction of sp³-hybridized carbons (Fsp3) is 0.778. The van der Waals surface area contributed by atoms with Gasteiger partial charge in [-0.1, -0.05) is 0 Å². The first-order valence-electron chi connectivity index (χ1n) is 3.97. The molecule has 0 aromatic carbocycles. The fourth-order valence-corrected chi connectivity index (χ4v) is 0.946. The Morgan fingerprint density at radius 3 is 2.33 bits per heavy atom. The molecule has 3 heteroatoms. The Bertz CT molecular complexity index is 156. The van der Waals surface area contributed by atoms with Crippen LogP contribution in [0, 0.1) is 11.8 Å². The van der Waals surface area contributed by atoms with Crippen molar-refractivity contribution in [3.05, 3.63) is 0 Å². The van der Waals surface area contributed by atoms with Gasteiger partial charge in [-0.3, -0.25) is 0 Å². The van der Waals surface area contributed by atoms with Crippen LogP contribution >= 0.6 is 0 Å². The Hall–Kier alpha value is -0.560. The van der Waals surface area contributed by atoms with Gasteiger partial charge in [0.05, 0.1) is 6.04 Å². The Morgan fingerprint density at radius 1 is 1.33 bits per heavy atom. The van der Waals surface area contributed by atoms with Gasteiger partial charge in [0.15, 0.2) is 6.29 Å². The molecule has 0 aromatic heterocycles. The molecule has 0 heterocycles. The molecular formula is C9H17NO2. The second-order valence-electron chi connectivity index (χ2n) is 2.47. The minimum Gasteiger partial charge on any atom is -0.354 e. The monoisotopic (exact) mass is 171 g/mol. The molecule has 0 saturated heterocycles. The van der Waals surface area contributed by atoms with Crippen LogP contribution in [-0.2, 0) is 9.47 Å². The maximum absolute atomic E-state index is 5.76. The van der Waals surface area contributed by atoms with E-state index in [9.17, 15) is 0 Å². The van der Waals surface area contributed by atoms with Crippen molar-refractivity contribution in [1.82, 2.24) is 0 Å². The Morgan fingerprint density at radius 2 is 1.92 bits per heavy atom. The van der Waals surface area contributed by atoms with Gasteiger partial charge in [-0.25, -0.2) is 0 Å². The van der Waals surface area contributed by atoms with Gasteiger partial charge in [-0.05, 0) is 13.3 Å². The van der Waals surface area contributed by atoms with E-state index in [1.54, 1.807) is 14.2 Å². The van der Waals surface area contributed by atoms with Crippen molar-refractivity contribution in [2.75, 3.05) is 14.2 Å². The van der Waals surface area contributed by atoms with Crippen LogP contribution < -0.4 is 5.73 Å². The first kappa shape index (κ1) is 11.4. The van der Waals surface area contributed by atoms with Gasteiger partial charge in [-0.2, -0.15) is 0 Å². The minimum absolute atomic E-state index is 0.0964. The zero-order valence-electron chi connectivity index (χ0n) is 7.96. The van der Waals surface area contributed by atoms with Crippen molar-refractivity contribution >= 4 is 0 Å². The van der Waals surface area contributed by atoms with Crippen molar-refractivity contribution in [1.29, 1.82) is 0 Å². The van der Waals surface area contributed by atoms with Crippen LogP contribution in [0.1, 0.15) is 19.8 Å². The molecule has 12 heavy (non-hydrogen) atoms. The van der Waals surface area contributed by atoms with E-state index in [2.05, 4.69) is 11.8 Å². The first-order chi connectivity index (χ1) is 5.76. The first-order valence-corrected chi connectivity index (χ1v) is 3.97. The average molecular weight is 171 g/mol. The molecule has 0 amide bonds. The van der Waals surface area contributed by atoms with Gasteiger partial charge in [0.1, 0.15) is 0 Å². The number of nitrogens with two attached hydrogens (primary N) is 1. The van der Waals surface area contributed by atoms with Crippen molar-refractivity contribution in [2.24, 2.45) is 5.73 Å². The summed E-state index contributed by atoms with van der Waals surface area (Å²) in [4.78, 5) is 0. The van der Waals surface area contributed by atoms with Crippen molar-refractivity contribution in [2.45, 2.75) is 32.1 Å². The summed E-state index contributed by atoms with van der Waals surface area (Å²) in [5.74, 6) is 5.75. The van der Waals surface area contributed by atoms with Gasteiger partial charge in [0.2, 0.25) is 0 Å². The van der Waals surface area contributed by atoms with Gasteiger partial charge in [0.25, 0.3) is 0 Å². The second kappa shape index (κ2) is 7.11. The Kier molecular flexibility index (Phi) is 6.78. The highest BCUT2D eigenvalue weighted by Gasteiger charge is 2.14. The van der Waals surface area contributed by atoms with Crippen LogP contribution in [0.25, 0.3) is 0 Å². The van der Waals surface area contributed by atoms with E-state index < -0.39 is 0 Å². The third kappa shape index (κ3) is 4.35. The lowest BCUT2D eigenvalue weighted by atomic mass is 10.1. The summed E-state index contributed by atoms with van der Waals surface area (Å²) in [6.07, 6.45) is 1.28. The van der Waals surface area contributed by atoms with Crippen molar-refractivity contribution < 1.29 is 9.47 Å². The lowest BCUT2D eigenvalue weighted by molar-refractivity contribution is -0.117. The highest BCUT2D eigenvalue weighted by molar-refractivity contribution is 4.95. The van der Waals surface area contributed by atoms with E-state index >= 15 is 0 Å². The number of hydrogen-bond donors (Lipinski definition) is 1. The molecule has 0 aliphatic rings. The number of rotatable bonds is 5. The average Bonchev–Trinajstić information content (AvgIpc) is 2.07. The normalized spacial score (nSPS) is 12.4. The summed E-state index contributed by atoms with van der Waals surface area (Å²) >= 11 is 0. The lowest BCUT2D eigenvalue weighted by Crippen LogP contribution is -2.37. The highest BCUT2D eigenvalue weighted by Crippen LogP contribution is 2.02. The summed E-state index contributed by atoms with van der Waals surface area (Å²) in [6, 6.07) is -0.0964. The molecule has 0 aliphatic carbocycles. The summed E-state index contributed by atoms with van der Waals surface area (Å²) in [5, 5.41) is 0. The number of ether oxygens (including phenoxy) is 2. The molecule has 0 spiro atoms. The molecule has 0 rings (SSSR count). The number of hydrogen-bond acceptors (Lipinski definition) is 3. The Labute approximate surface area is 74.2 Å². The fourth-order valence-electron chi connectivity index (χ4n) is 0.946. The Balaban J connectivity index is 3.65. The zero-order chi connectivity index (χ0) is 9.40. The summed E-state index contributed by atoms with van der Waals surface area (Å²) < 4.78 is 9.99. The summed E-state index contributed by atoms with van der Waals surface area (Å²) in [6.45, 7) is 1.82. The van der Waals surface area contributed by atoms with Gasteiger partial charge >= 0.3 is 0 Å².